The minimum absolute atomic E-state index is 0.0132. The van der Waals surface area contributed by atoms with Gasteiger partial charge in [0.15, 0.2) is 0 Å². The van der Waals surface area contributed by atoms with Gasteiger partial charge in [0.1, 0.15) is 11.9 Å². The van der Waals surface area contributed by atoms with Crippen molar-refractivity contribution in [1.29, 1.82) is 0 Å². The van der Waals surface area contributed by atoms with Crippen LogP contribution in [0.3, 0.4) is 0 Å². The highest BCUT2D eigenvalue weighted by atomic mass is 19.1. The molecule has 2 atom stereocenters. The summed E-state index contributed by atoms with van der Waals surface area (Å²) in [4.78, 5) is 11.0. The van der Waals surface area contributed by atoms with Gasteiger partial charge >= 0.3 is 5.97 Å². The van der Waals surface area contributed by atoms with Gasteiger partial charge < -0.3 is 5.11 Å². The molecule has 0 saturated heterocycles. The van der Waals surface area contributed by atoms with Crippen molar-refractivity contribution in [3.63, 3.8) is 0 Å². The number of hydrogen-bond acceptors (Lipinski definition) is 2. The zero-order valence-corrected chi connectivity index (χ0v) is 10.1. The predicted molar refractivity (Wildman–Crippen MR) is 64.1 cm³/mol. The van der Waals surface area contributed by atoms with Crippen molar-refractivity contribution < 1.29 is 14.3 Å². The lowest BCUT2D eigenvalue weighted by molar-refractivity contribution is -0.140. The Kier molecular flexibility index (Phi) is 5.10. The molecule has 0 bridgehead atoms. The lowest BCUT2D eigenvalue weighted by atomic mass is 9.99. The smallest absolute Gasteiger partial charge is 0.320 e. The van der Waals surface area contributed by atoms with Crippen LogP contribution >= 0.6 is 0 Å². The summed E-state index contributed by atoms with van der Waals surface area (Å²) in [5, 5.41) is 12.0. The van der Waals surface area contributed by atoms with Gasteiger partial charge in [-0.15, -0.1) is 0 Å². The molecule has 0 radical (unpaired) electrons. The highest BCUT2D eigenvalue weighted by molar-refractivity contribution is 5.73. The topological polar surface area (TPSA) is 49.3 Å². The standard InChI is InChI=1S/C13H18FNO2/c1-3-9(2)12(13(16)17)15-8-10-6-4-5-7-11(10)14/h4-7,9,12,15H,3,8H2,1-2H3,(H,16,17). The van der Waals surface area contributed by atoms with Crippen LogP contribution in [0.1, 0.15) is 25.8 Å². The minimum atomic E-state index is -0.893. The van der Waals surface area contributed by atoms with Gasteiger partial charge in [-0.1, -0.05) is 38.5 Å². The summed E-state index contributed by atoms with van der Waals surface area (Å²) >= 11 is 0. The quantitative estimate of drug-likeness (QED) is 0.801. The van der Waals surface area contributed by atoms with Crippen LogP contribution in [0.25, 0.3) is 0 Å². The lowest BCUT2D eigenvalue weighted by Gasteiger charge is -2.20. The number of aliphatic carboxylic acids is 1. The van der Waals surface area contributed by atoms with E-state index in [0.717, 1.165) is 6.42 Å². The number of carboxylic acids is 1. The number of nitrogens with one attached hydrogen (secondary N) is 1. The van der Waals surface area contributed by atoms with Gasteiger partial charge in [-0.25, -0.2) is 4.39 Å². The number of benzene rings is 1. The molecule has 4 heteroatoms. The number of halogens is 1. The molecule has 0 spiro atoms. The highest BCUT2D eigenvalue weighted by Gasteiger charge is 2.22. The molecule has 0 aliphatic rings. The summed E-state index contributed by atoms with van der Waals surface area (Å²) in [7, 11) is 0. The van der Waals surface area contributed by atoms with Crippen LogP contribution in [-0.2, 0) is 11.3 Å². The molecule has 0 heterocycles. The molecular formula is C13H18FNO2. The first-order valence-corrected chi connectivity index (χ1v) is 5.75. The summed E-state index contributed by atoms with van der Waals surface area (Å²) in [6, 6.07) is 5.73. The molecule has 0 saturated carbocycles. The Balaban J connectivity index is 2.64. The van der Waals surface area contributed by atoms with E-state index in [0.29, 0.717) is 5.56 Å². The first-order valence-electron chi connectivity index (χ1n) is 5.75. The van der Waals surface area contributed by atoms with Crippen LogP contribution in [-0.4, -0.2) is 17.1 Å². The molecule has 2 N–H and O–H groups in total. The molecule has 0 aromatic heterocycles. The van der Waals surface area contributed by atoms with Gasteiger partial charge in [0, 0.05) is 12.1 Å². The van der Waals surface area contributed by atoms with E-state index < -0.39 is 12.0 Å². The van der Waals surface area contributed by atoms with E-state index in [1.807, 2.05) is 13.8 Å². The van der Waals surface area contributed by atoms with Gasteiger partial charge in [0.25, 0.3) is 0 Å². The third-order valence-electron chi connectivity index (χ3n) is 2.95. The van der Waals surface area contributed by atoms with Crippen molar-refractivity contribution in [3.8, 4) is 0 Å². The maximum atomic E-state index is 13.3. The summed E-state index contributed by atoms with van der Waals surface area (Å²) in [6.45, 7) is 4.03. The van der Waals surface area contributed by atoms with Crippen molar-refractivity contribution in [1.82, 2.24) is 5.32 Å². The first-order chi connectivity index (χ1) is 8.06. The molecule has 0 amide bonds. The van der Waals surface area contributed by atoms with Crippen LogP contribution in [0, 0.1) is 11.7 Å². The van der Waals surface area contributed by atoms with Gasteiger partial charge in [-0.3, -0.25) is 10.1 Å². The summed E-state index contributed by atoms with van der Waals surface area (Å²) in [5.74, 6) is -1.19. The summed E-state index contributed by atoms with van der Waals surface area (Å²) in [5.41, 5.74) is 0.488. The van der Waals surface area contributed by atoms with Crippen molar-refractivity contribution in [3.05, 3.63) is 35.6 Å². The minimum Gasteiger partial charge on any atom is -0.480 e. The molecule has 0 aliphatic carbocycles. The van der Waals surface area contributed by atoms with Crippen LogP contribution in [0.4, 0.5) is 4.39 Å². The molecule has 17 heavy (non-hydrogen) atoms. The average Bonchev–Trinajstić information content (AvgIpc) is 2.30. The van der Waals surface area contributed by atoms with Crippen molar-refractivity contribution in [2.24, 2.45) is 5.92 Å². The SMILES string of the molecule is CCC(C)C(NCc1ccccc1F)C(=O)O. The summed E-state index contributed by atoms with van der Waals surface area (Å²) in [6.07, 6.45) is 0.765. The molecule has 94 valence electrons. The van der Waals surface area contributed by atoms with Crippen molar-refractivity contribution in [2.45, 2.75) is 32.9 Å². The van der Waals surface area contributed by atoms with Crippen LogP contribution < -0.4 is 5.32 Å². The molecule has 1 aromatic rings. The number of carboxylic acid groups (broad SMARTS) is 1. The van der Waals surface area contributed by atoms with Crippen molar-refractivity contribution >= 4 is 5.97 Å². The summed E-state index contributed by atoms with van der Waals surface area (Å²) < 4.78 is 13.3. The van der Waals surface area contributed by atoms with Gasteiger partial charge in [0.05, 0.1) is 0 Å². The Bertz CT molecular complexity index is 381. The van der Waals surface area contributed by atoms with Crippen LogP contribution in [0.15, 0.2) is 24.3 Å². The molecule has 2 unspecified atom stereocenters. The van der Waals surface area contributed by atoms with Crippen LogP contribution in [0.2, 0.25) is 0 Å². The molecule has 1 rings (SSSR count). The fraction of sp³-hybridized carbons (Fsp3) is 0.462. The highest BCUT2D eigenvalue weighted by Crippen LogP contribution is 2.11. The first kappa shape index (κ1) is 13.6. The Labute approximate surface area is 101 Å². The second-order valence-corrected chi connectivity index (χ2v) is 4.17. The normalized spacial score (nSPS) is 14.3. The molecular weight excluding hydrogens is 221 g/mol. The maximum Gasteiger partial charge on any atom is 0.320 e. The van der Waals surface area contributed by atoms with Gasteiger partial charge in [0.2, 0.25) is 0 Å². The lowest BCUT2D eigenvalue weighted by Crippen LogP contribution is -2.41. The van der Waals surface area contributed by atoms with E-state index in [9.17, 15) is 9.18 Å². The Hall–Kier alpha value is -1.42. The zero-order chi connectivity index (χ0) is 12.8. The van der Waals surface area contributed by atoms with E-state index in [4.69, 9.17) is 5.11 Å². The molecule has 1 aromatic carbocycles. The van der Waals surface area contributed by atoms with E-state index in [-0.39, 0.29) is 18.3 Å². The molecule has 0 fully saturated rings. The Morgan fingerprint density at radius 2 is 2.12 bits per heavy atom. The monoisotopic (exact) mass is 239 g/mol. The fourth-order valence-corrected chi connectivity index (χ4v) is 1.63. The fourth-order valence-electron chi connectivity index (χ4n) is 1.63. The average molecular weight is 239 g/mol. The second kappa shape index (κ2) is 6.35. The van der Waals surface area contributed by atoms with Gasteiger partial charge in [-0.2, -0.15) is 0 Å². The number of carbonyl (C=O) groups is 1. The van der Waals surface area contributed by atoms with Crippen molar-refractivity contribution in [2.75, 3.05) is 0 Å². The van der Waals surface area contributed by atoms with Crippen LogP contribution in [0.5, 0.6) is 0 Å². The second-order valence-electron chi connectivity index (χ2n) is 4.17. The predicted octanol–water partition coefficient (Wildman–Crippen LogP) is 2.41. The number of hydrogen-bond donors (Lipinski definition) is 2. The number of rotatable bonds is 6. The molecule has 0 aliphatic heterocycles. The third-order valence-corrected chi connectivity index (χ3v) is 2.95. The molecule has 3 nitrogen and oxygen atoms in total. The van der Waals surface area contributed by atoms with E-state index in [1.54, 1.807) is 18.2 Å². The van der Waals surface area contributed by atoms with E-state index >= 15 is 0 Å². The third kappa shape index (κ3) is 3.82. The Morgan fingerprint density at radius 3 is 2.65 bits per heavy atom. The largest absolute Gasteiger partial charge is 0.480 e. The van der Waals surface area contributed by atoms with E-state index in [2.05, 4.69) is 5.32 Å². The van der Waals surface area contributed by atoms with Gasteiger partial charge in [-0.05, 0) is 12.0 Å². The van der Waals surface area contributed by atoms with E-state index in [1.165, 1.54) is 6.07 Å². The zero-order valence-electron chi connectivity index (χ0n) is 10.1. The maximum absolute atomic E-state index is 13.3. The Morgan fingerprint density at radius 1 is 1.47 bits per heavy atom.